The number of hydrogen-bond acceptors (Lipinski definition) is 1. The van der Waals surface area contributed by atoms with Gasteiger partial charge in [-0.05, 0) is 17.7 Å². The molecule has 0 unspecified atom stereocenters. The fourth-order valence-electron chi connectivity index (χ4n) is 1.60. The molecule has 1 N–H and O–H groups in total. The Balaban J connectivity index is 2.30. The van der Waals surface area contributed by atoms with Crippen LogP contribution in [-0.4, -0.2) is 0 Å². The third-order valence-electron chi connectivity index (χ3n) is 2.57. The lowest BCUT2D eigenvalue weighted by molar-refractivity contribution is 0.381. The molecule has 0 amide bonds. The van der Waals surface area contributed by atoms with E-state index in [1.54, 1.807) is 24.3 Å². The molecule has 2 rings (SSSR count). The maximum absolute atomic E-state index is 13.4. The molecule has 0 bridgehead atoms. The summed E-state index contributed by atoms with van der Waals surface area (Å²) in [7, 11) is 0. The highest BCUT2D eigenvalue weighted by molar-refractivity contribution is 9.10. The summed E-state index contributed by atoms with van der Waals surface area (Å²) >= 11 is 3.20. The molecule has 0 aliphatic heterocycles. The number of halogens is 6. The Bertz CT molecular complexity index is 630. The van der Waals surface area contributed by atoms with Gasteiger partial charge in [-0.1, -0.05) is 28.1 Å². The zero-order valence-corrected chi connectivity index (χ0v) is 11.4. The molecule has 0 spiro atoms. The Hall–Kier alpha value is -1.63. The molecule has 0 atom stereocenters. The zero-order chi connectivity index (χ0) is 14.9. The second kappa shape index (κ2) is 5.78. The van der Waals surface area contributed by atoms with Crippen LogP contribution in [0.5, 0.6) is 0 Å². The highest BCUT2D eigenvalue weighted by atomic mass is 79.9. The summed E-state index contributed by atoms with van der Waals surface area (Å²) in [6.07, 6.45) is 0. The van der Waals surface area contributed by atoms with Gasteiger partial charge in [-0.15, -0.1) is 0 Å². The number of rotatable bonds is 3. The van der Waals surface area contributed by atoms with Crippen LogP contribution in [0.4, 0.5) is 27.6 Å². The van der Waals surface area contributed by atoms with Crippen molar-refractivity contribution in [2.75, 3.05) is 5.32 Å². The van der Waals surface area contributed by atoms with Crippen molar-refractivity contribution in [3.8, 4) is 0 Å². The van der Waals surface area contributed by atoms with Gasteiger partial charge in [-0.3, -0.25) is 0 Å². The van der Waals surface area contributed by atoms with Crippen LogP contribution in [0.1, 0.15) is 5.56 Å². The Labute approximate surface area is 119 Å². The van der Waals surface area contributed by atoms with Gasteiger partial charge in [0.05, 0.1) is 0 Å². The lowest BCUT2D eigenvalue weighted by atomic mass is 10.2. The molecule has 0 radical (unpaired) electrons. The van der Waals surface area contributed by atoms with Gasteiger partial charge >= 0.3 is 0 Å². The summed E-state index contributed by atoms with van der Waals surface area (Å²) in [6.45, 7) is -0.0855. The number of anilines is 1. The molecular formula is C13H7BrF5N. The Morgan fingerprint density at radius 1 is 0.850 bits per heavy atom. The first-order chi connectivity index (χ1) is 9.41. The first-order valence-electron chi connectivity index (χ1n) is 5.41. The Morgan fingerprint density at radius 2 is 1.40 bits per heavy atom. The highest BCUT2D eigenvalue weighted by Gasteiger charge is 2.25. The number of nitrogens with one attached hydrogen (secondary N) is 1. The Kier molecular flexibility index (Phi) is 4.27. The monoisotopic (exact) mass is 351 g/mol. The van der Waals surface area contributed by atoms with Crippen molar-refractivity contribution in [3.05, 3.63) is 63.4 Å². The summed E-state index contributed by atoms with van der Waals surface area (Å²) in [4.78, 5) is 0. The molecule has 106 valence electrons. The van der Waals surface area contributed by atoms with Crippen molar-refractivity contribution in [1.29, 1.82) is 0 Å². The van der Waals surface area contributed by atoms with E-state index >= 15 is 0 Å². The van der Waals surface area contributed by atoms with E-state index in [-0.39, 0.29) is 6.54 Å². The minimum atomic E-state index is -2.17. The van der Waals surface area contributed by atoms with Crippen LogP contribution in [0.25, 0.3) is 0 Å². The van der Waals surface area contributed by atoms with Gasteiger partial charge in [0.25, 0.3) is 0 Å². The van der Waals surface area contributed by atoms with Crippen LogP contribution in [0.2, 0.25) is 0 Å². The van der Waals surface area contributed by atoms with Crippen molar-refractivity contribution in [2.24, 2.45) is 0 Å². The van der Waals surface area contributed by atoms with Crippen LogP contribution >= 0.6 is 15.9 Å². The standard InChI is InChI=1S/C13H7BrF5N/c14-7-3-1-2-6(4-7)5-20-13-11(18)9(16)8(15)10(17)12(13)19/h1-4,20H,5H2. The fourth-order valence-corrected chi connectivity index (χ4v) is 2.04. The van der Waals surface area contributed by atoms with Gasteiger partial charge in [0.1, 0.15) is 5.69 Å². The predicted octanol–water partition coefficient (Wildman–Crippen LogP) is 4.76. The van der Waals surface area contributed by atoms with E-state index in [1.807, 2.05) is 0 Å². The van der Waals surface area contributed by atoms with Crippen molar-refractivity contribution >= 4 is 21.6 Å². The van der Waals surface area contributed by atoms with Crippen molar-refractivity contribution < 1.29 is 22.0 Å². The molecule has 0 saturated heterocycles. The third-order valence-corrected chi connectivity index (χ3v) is 3.06. The summed E-state index contributed by atoms with van der Waals surface area (Å²) in [5, 5.41) is 2.22. The molecular weight excluding hydrogens is 345 g/mol. The van der Waals surface area contributed by atoms with Gasteiger partial charge in [-0.2, -0.15) is 0 Å². The smallest absolute Gasteiger partial charge is 0.200 e. The summed E-state index contributed by atoms with van der Waals surface area (Å²) in [5.74, 6) is -9.87. The molecule has 0 aliphatic carbocycles. The van der Waals surface area contributed by atoms with Crippen LogP contribution in [0.15, 0.2) is 28.7 Å². The van der Waals surface area contributed by atoms with Gasteiger partial charge in [0, 0.05) is 11.0 Å². The largest absolute Gasteiger partial charge is 0.376 e. The molecule has 20 heavy (non-hydrogen) atoms. The Morgan fingerprint density at radius 3 is 1.95 bits per heavy atom. The lowest BCUT2D eigenvalue weighted by Crippen LogP contribution is -2.09. The first kappa shape index (κ1) is 14.8. The summed E-state index contributed by atoms with van der Waals surface area (Å²) in [6, 6.07) is 6.71. The second-order valence-corrected chi connectivity index (χ2v) is 4.84. The molecule has 0 aromatic heterocycles. The molecule has 2 aromatic rings. The summed E-state index contributed by atoms with van der Waals surface area (Å²) in [5.41, 5.74) is -0.426. The van der Waals surface area contributed by atoms with Gasteiger partial charge in [0.15, 0.2) is 23.3 Å². The number of hydrogen-bond donors (Lipinski definition) is 1. The van der Waals surface area contributed by atoms with E-state index in [0.29, 0.717) is 5.56 Å². The van der Waals surface area contributed by atoms with Gasteiger partial charge < -0.3 is 5.32 Å². The maximum Gasteiger partial charge on any atom is 0.200 e. The van der Waals surface area contributed by atoms with Crippen molar-refractivity contribution in [2.45, 2.75) is 6.54 Å². The van der Waals surface area contributed by atoms with Gasteiger partial charge in [-0.25, -0.2) is 22.0 Å². The van der Waals surface area contributed by atoms with E-state index < -0.39 is 34.8 Å². The molecule has 7 heteroatoms. The molecule has 0 aliphatic rings. The average molecular weight is 352 g/mol. The topological polar surface area (TPSA) is 12.0 Å². The average Bonchev–Trinajstić information content (AvgIpc) is 2.43. The third kappa shape index (κ3) is 2.77. The first-order valence-corrected chi connectivity index (χ1v) is 6.21. The molecule has 0 saturated carbocycles. The maximum atomic E-state index is 13.4. The normalized spacial score (nSPS) is 10.7. The van der Waals surface area contributed by atoms with Crippen LogP contribution in [-0.2, 0) is 6.54 Å². The zero-order valence-electron chi connectivity index (χ0n) is 9.78. The SMILES string of the molecule is Fc1c(F)c(F)c(NCc2cccc(Br)c2)c(F)c1F. The fraction of sp³-hybridized carbons (Fsp3) is 0.0769. The van der Waals surface area contributed by atoms with Crippen molar-refractivity contribution in [1.82, 2.24) is 0 Å². The molecule has 2 aromatic carbocycles. The van der Waals surface area contributed by atoms with Gasteiger partial charge in [0.2, 0.25) is 5.82 Å². The van der Waals surface area contributed by atoms with E-state index in [0.717, 1.165) is 4.47 Å². The minimum Gasteiger partial charge on any atom is -0.376 e. The van der Waals surface area contributed by atoms with E-state index in [1.165, 1.54) is 0 Å². The second-order valence-electron chi connectivity index (χ2n) is 3.93. The molecule has 1 nitrogen and oxygen atoms in total. The predicted molar refractivity (Wildman–Crippen MR) is 67.7 cm³/mol. The minimum absolute atomic E-state index is 0.0855. The van der Waals surface area contributed by atoms with E-state index in [2.05, 4.69) is 21.2 Å². The quantitative estimate of drug-likeness (QED) is 0.477. The summed E-state index contributed by atoms with van der Waals surface area (Å²) < 4.78 is 66.3. The highest BCUT2D eigenvalue weighted by Crippen LogP contribution is 2.27. The van der Waals surface area contributed by atoms with Crippen LogP contribution < -0.4 is 5.32 Å². The lowest BCUT2D eigenvalue weighted by Gasteiger charge is -2.11. The van der Waals surface area contributed by atoms with E-state index in [4.69, 9.17) is 0 Å². The van der Waals surface area contributed by atoms with Crippen molar-refractivity contribution in [3.63, 3.8) is 0 Å². The van der Waals surface area contributed by atoms with Crippen LogP contribution in [0, 0.1) is 29.1 Å². The molecule has 0 fully saturated rings. The van der Waals surface area contributed by atoms with E-state index in [9.17, 15) is 22.0 Å². The van der Waals surface area contributed by atoms with Crippen LogP contribution in [0.3, 0.4) is 0 Å². The molecule has 0 heterocycles. The number of benzene rings is 2.